The molecule has 90 valence electrons. The lowest BCUT2D eigenvalue weighted by atomic mass is 10.2. The van der Waals surface area contributed by atoms with E-state index in [0.29, 0.717) is 5.84 Å². The summed E-state index contributed by atoms with van der Waals surface area (Å²) < 4.78 is 0. The Kier molecular flexibility index (Phi) is 3.75. The number of carbonyl (C=O) groups is 1. The molecule has 0 bridgehead atoms. The number of amidine groups is 1. The molecule has 0 aliphatic carbocycles. The van der Waals surface area contributed by atoms with Crippen molar-refractivity contribution in [2.45, 2.75) is 19.8 Å². The first-order chi connectivity index (χ1) is 8.25. The van der Waals surface area contributed by atoms with Gasteiger partial charge in [-0.25, -0.2) is 0 Å². The van der Waals surface area contributed by atoms with Crippen molar-refractivity contribution >= 4 is 17.4 Å². The fourth-order valence-electron chi connectivity index (χ4n) is 1.76. The number of benzene rings is 1. The molecule has 0 aromatic heterocycles. The molecule has 0 atom stereocenters. The van der Waals surface area contributed by atoms with Crippen LogP contribution in [0, 0.1) is 6.92 Å². The maximum absolute atomic E-state index is 11.9. The minimum Gasteiger partial charge on any atom is -0.366 e. The van der Waals surface area contributed by atoms with Gasteiger partial charge in [0, 0.05) is 18.8 Å². The topological polar surface area (TPSA) is 53.5 Å². The predicted molar refractivity (Wildman–Crippen MR) is 69.3 cm³/mol. The van der Waals surface area contributed by atoms with Gasteiger partial charge in [0.05, 0.1) is 0 Å². The molecule has 4 nitrogen and oxygen atoms in total. The predicted octanol–water partition coefficient (Wildman–Crippen LogP) is 1.72. The lowest BCUT2D eigenvalue weighted by Crippen LogP contribution is -2.35. The third kappa shape index (κ3) is 3.31. The van der Waals surface area contributed by atoms with E-state index >= 15 is 0 Å². The molecule has 1 heterocycles. The first-order valence-electron chi connectivity index (χ1n) is 5.92. The number of hydrogen-bond acceptors (Lipinski definition) is 3. The Bertz CT molecular complexity index is 440. The number of amides is 1. The molecule has 0 fully saturated rings. The van der Waals surface area contributed by atoms with Crippen molar-refractivity contribution < 1.29 is 4.79 Å². The van der Waals surface area contributed by atoms with Crippen LogP contribution in [0.2, 0.25) is 0 Å². The quantitative estimate of drug-likeness (QED) is 0.814. The third-order valence-electron chi connectivity index (χ3n) is 2.64. The Morgan fingerprint density at radius 2 is 2.29 bits per heavy atom. The summed E-state index contributed by atoms with van der Waals surface area (Å²) in [6, 6.07) is 7.74. The second-order valence-corrected chi connectivity index (χ2v) is 4.19. The standard InChI is InChI=1S/C13H17N3O/c1-10-5-4-6-11(9-10)16-13(17)12-14-7-2-3-8-15-12/h4-6,9H,2-3,7-8H2,1H3,(H,14,15)(H,16,17). The second-order valence-electron chi connectivity index (χ2n) is 4.19. The molecule has 1 amide bonds. The van der Waals surface area contributed by atoms with E-state index in [-0.39, 0.29) is 5.91 Å². The van der Waals surface area contributed by atoms with Gasteiger partial charge in [0.15, 0.2) is 5.84 Å². The summed E-state index contributed by atoms with van der Waals surface area (Å²) in [5, 5.41) is 5.90. The zero-order valence-corrected chi connectivity index (χ0v) is 9.99. The van der Waals surface area contributed by atoms with Gasteiger partial charge in [-0.05, 0) is 37.5 Å². The number of anilines is 1. The Morgan fingerprint density at radius 3 is 3.12 bits per heavy atom. The van der Waals surface area contributed by atoms with Gasteiger partial charge in [0.2, 0.25) is 0 Å². The number of aliphatic imine (C=N–C) groups is 1. The number of nitrogens with zero attached hydrogens (tertiary/aromatic N) is 1. The molecule has 1 aliphatic heterocycles. The maximum atomic E-state index is 11.9. The lowest BCUT2D eigenvalue weighted by molar-refractivity contribution is -0.110. The summed E-state index contributed by atoms with van der Waals surface area (Å²) in [4.78, 5) is 16.2. The molecule has 0 saturated heterocycles. The summed E-state index contributed by atoms with van der Waals surface area (Å²) in [6.45, 7) is 3.54. The monoisotopic (exact) mass is 231 g/mol. The van der Waals surface area contributed by atoms with Crippen molar-refractivity contribution in [3.63, 3.8) is 0 Å². The van der Waals surface area contributed by atoms with Gasteiger partial charge in [0.1, 0.15) is 0 Å². The van der Waals surface area contributed by atoms with Crippen molar-refractivity contribution in [3.05, 3.63) is 29.8 Å². The molecule has 2 N–H and O–H groups in total. The molecule has 0 spiro atoms. The number of rotatable bonds is 2. The van der Waals surface area contributed by atoms with E-state index in [1.807, 2.05) is 31.2 Å². The van der Waals surface area contributed by atoms with Gasteiger partial charge in [-0.15, -0.1) is 0 Å². The largest absolute Gasteiger partial charge is 0.366 e. The molecule has 0 radical (unpaired) electrons. The van der Waals surface area contributed by atoms with Gasteiger partial charge in [0.25, 0.3) is 5.91 Å². The minimum atomic E-state index is -0.155. The van der Waals surface area contributed by atoms with E-state index in [1.165, 1.54) is 0 Å². The van der Waals surface area contributed by atoms with Gasteiger partial charge in [-0.2, -0.15) is 0 Å². The first-order valence-corrected chi connectivity index (χ1v) is 5.92. The van der Waals surface area contributed by atoms with Crippen LogP contribution in [0.4, 0.5) is 5.69 Å². The van der Waals surface area contributed by atoms with E-state index in [9.17, 15) is 4.79 Å². The van der Waals surface area contributed by atoms with Crippen LogP contribution in [0.25, 0.3) is 0 Å². The Labute approximate surface area is 101 Å². The highest BCUT2D eigenvalue weighted by molar-refractivity contribution is 6.42. The van der Waals surface area contributed by atoms with Crippen LogP contribution in [-0.2, 0) is 4.79 Å². The van der Waals surface area contributed by atoms with Crippen LogP contribution in [0.1, 0.15) is 18.4 Å². The summed E-state index contributed by atoms with van der Waals surface area (Å²) in [6.07, 6.45) is 2.10. The van der Waals surface area contributed by atoms with E-state index < -0.39 is 0 Å². The Hall–Kier alpha value is -1.84. The number of nitrogens with one attached hydrogen (secondary N) is 2. The number of carbonyl (C=O) groups excluding carboxylic acids is 1. The molecule has 1 aliphatic rings. The average Bonchev–Trinajstić information content (AvgIpc) is 2.57. The fourth-order valence-corrected chi connectivity index (χ4v) is 1.76. The van der Waals surface area contributed by atoms with Crippen LogP contribution >= 0.6 is 0 Å². The lowest BCUT2D eigenvalue weighted by Gasteiger charge is -2.08. The van der Waals surface area contributed by atoms with Gasteiger partial charge < -0.3 is 10.6 Å². The molecule has 0 unspecified atom stereocenters. The molecular weight excluding hydrogens is 214 g/mol. The summed E-state index contributed by atoms with van der Waals surface area (Å²) in [5.41, 5.74) is 1.93. The smallest absolute Gasteiger partial charge is 0.290 e. The Morgan fingerprint density at radius 1 is 1.41 bits per heavy atom. The molecule has 1 aromatic carbocycles. The van der Waals surface area contributed by atoms with Gasteiger partial charge in [-0.3, -0.25) is 9.79 Å². The highest BCUT2D eigenvalue weighted by Gasteiger charge is 2.12. The van der Waals surface area contributed by atoms with Crippen LogP contribution in [-0.4, -0.2) is 24.8 Å². The van der Waals surface area contributed by atoms with E-state index in [2.05, 4.69) is 15.6 Å². The Balaban J connectivity index is 2.03. The average molecular weight is 231 g/mol. The van der Waals surface area contributed by atoms with Crippen molar-refractivity contribution in [2.75, 3.05) is 18.4 Å². The molecule has 17 heavy (non-hydrogen) atoms. The van der Waals surface area contributed by atoms with E-state index in [0.717, 1.165) is 37.2 Å². The first kappa shape index (κ1) is 11.6. The molecular formula is C13H17N3O. The van der Waals surface area contributed by atoms with Gasteiger partial charge in [-0.1, -0.05) is 12.1 Å². The maximum Gasteiger partial charge on any atom is 0.290 e. The molecule has 0 saturated carbocycles. The third-order valence-corrected chi connectivity index (χ3v) is 2.64. The van der Waals surface area contributed by atoms with E-state index in [1.54, 1.807) is 0 Å². The zero-order valence-electron chi connectivity index (χ0n) is 9.99. The fraction of sp³-hybridized carbons (Fsp3) is 0.385. The summed E-state index contributed by atoms with van der Waals surface area (Å²) in [5.74, 6) is 0.293. The zero-order chi connectivity index (χ0) is 12.1. The second kappa shape index (κ2) is 5.48. The highest BCUT2D eigenvalue weighted by Crippen LogP contribution is 2.09. The number of hydrogen-bond donors (Lipinski definition) is 2. The van der Waals surface area contributed by atoms with Crippen molar-refractivity contribution in [2.24, 2.45) is 4.99 Å². The normalized spacial score (nSPS) is 15.5. The summed E-state index contributed by atoms with van der Waals surface area (Å²) >= 11 is 0. The highest BCUT2D eigenvalue weighted by atomic mass is 16.2. The molecule has 4 heteroatoms. The van der Waals surface area contributed by atoms with Crippen LogP contribution in [0.15, 0.2) is 29.3 Å². The number of aryl methyl sites for hydroxylation is 1. The van der Waals surface area contributed by atoms with Crippen molar-refractivity contribution in [1.82, 2.24) is 5.32 Å². The molecule has 1 aromatic rings. The van der Waals surface area contributed by atoms with Crippen molar-refractivity contribution in [1.29, 1.82) is 0 Å². The van der Waals surface area contributed by atoms with Crippen molar-refractivity contribution in [3.8, 4) is 0 Å². The van der Waals surface area contributed by atoms with Crippen LogP contribution in [0.3, 0.4) is 0 Å². The van der Waals surface area contributed by atoms with E-state index in [4.69, 9.17) is 0 Å². The van der Waals surface area contributed by atoms with Crippen LogP contribution < -0.4 is 10.6 Å². The minimum absolute atomic E-state index is 0.155. The van der Waals surface area contributed by atoms with Crippen LogP contribution in [0.5, 0.6) is 0 Å². The molecule has 2 rings (SSSR count). The van der Waals surface area contributed by atoms with Gasteiger partial charge >= 0.3 is 0 Å². The SMILES string of the molecule is Cc1cccc(NC(=O)C2=NCCCCN2)c1. The summed E-state index contributed by atoms with van der Waals surface area (Å²) in [7, 11) is 0.